The predicted molar refractivity (Wildman–Crippen MR) is 113 cm³/mol. The lowest BCUT2D eigenvalue weighted by molar-refractivity contribution is -0.121. The molecule has 5 nitrogen and oxygen atoms in total. The van der Waals surface area contributed by atoms with Gasteiger partial charge in [-0.2, -0.15) is 0 Å². The number of hydrogen-bond donors (Lipinski definition) is 3. The summed E-state index contributed by atoms with van der Waals surface area (Å²) in [5.41, 5.74) is 0.430. The Bertz CT molecular complexity index is 802. The zero-order valence-electron chi connectivity index (χ0n) is 16.9. The third-order valence-electron chi connectivity index (χ3n) is 4.40. The third-order valence-corrected chi connectivity index (χ3v) is 4.70. The van der Waals surface area contributed by atoms with Gasteiger partial charge in [-0.3, -0.25) is 4.79 Å². The Morgan fingerprint density at radius 3 is 2.52 bits per heavy atom. The van der Waals surface area contributed by atoms with Crippen LogP contribution in [0, 0.1) is 5.82 Å². The van der Waals surface area contributed by atoms with E-state index in [1.54, 1.807) is 43.3 Å². The molecule has 0 saturated carbocycles. The van der Waals surface area contributed by atoms with Crippen molar-refractivity contribution in [3.05, 3.63) is 58.9 Å². The second-order valence-electron chi connectivity index (χ2n) is 7.08. The van der Waals surface area contributed by atoms with E-state index in [1.165, 1.54) is 0 Å². The van der Waals surface area contributed by atoms with Crippen molar-refractivity contribution < 1.29 is 19.0 Å². The van der Waals surface area contributed by atoms with Gasteiger partial charge in [0.2, 0.25) is 5.91 Å². The van der Waals surface area contributed by atoms with Crippen molar-refractivity contribution in [2.45, 2.75) is 51.8 Å². The Hall–Kier alpha value is -2.15. The molecular weight excluding hydrogens is 395 g/mol. The minimum atomic E-state index is -0.600. The number of carbonyl (C=O) groups is 1. The molecule has 2 rings (SSSR count). The van der Waals surface area contributed by atoms with Crippen LogP contribution in [0.4, 0.5) is 4.39 Å². The van der Waals surface area contributed by atoms with E-state index in [4.69, 9.17) is 16.3 Å². The van der Waals surface area contributed by atoms with E-state index in [0.717, 1.165) is 0 Å². The normalized spacial score (nSPS) is 14.1. The SMILES string of the molecule is CC[C@@H](N[C@H](C)CC(=O)NC[C@@H](C)O)c1ccc(Cl)c(Oc2ccccc2)c1F. The van der Waals surface area contributed by atoms with Crippen molar-refractivity contribution >= 4 is 17.5 Å². The smallest absolute Gasteiger partial charge is 0.221 e. The lowest BCUT2D eigenvalue weighted by Gasteiger charge is -2.24. The summed E-state index contributed by atoms with van der Waals surface area (Å²) in [5, 5.41) is 15.4. The molecule has 0 fully saturated rings. The van der Waals surface area contributed by atoms with Gasteiger partial charge in [0.15, 0.2) is 11.6 Å². The molecule has 0 aliphatic heterocycles. The van der Waals surface area contributed by atoms with Crippen LogP contribution in [0.25, 0.3) is 0 Å². The minimum absolute atomic E-state index is 0.0158. The number of para-hydroxylation sites is 1. The highest BCUT2D eigenvalue weighted by Gasteiger charge is 2.22. The molecule has 2 aromatic carbocycles. The molecule has 1 amide bonds. The Labute approximate surface area is 176 Å². The van der Waals surface area contributed by atoms with E-state index in [2.05, 4.69) is 10.6 Å². The minimum Gasteiger partial charge on any atom is -0.453 e. The van der Waals surface area contributed by atoms with Crippen LogP contribution in [0.2, 0.25) is 5.02 Å². The fraction of sp³-hybridized carbons (Fsp3) is 0.409. The van der Waals surface area contributed by atoms with Crippen LogP contribution in [-0.4, -0.2) is 29.7 Å². The van der Waals surface area contributed by atoms with E-state index in [9.17, 15) is 9.90 Å². The lowest BCUT2D eigenvalue weighted by atomic mass is 10.0. The van der Waals surface area contributed by atoms with Gasteiger partial charge in [-0.05, 0) is 38.5 Å². The average Bonchev–Trinajstić information content (AvgIpc) is 2.69. The average molecular weight is 423 g/mol. The highest BCUT2D eigenvalue weighted by Crippen LogP contribution is 2.36. The standard InChI is InChI=1S/C22H28ClFN2O3/c1-4-19(26-14(2)12-20(28)25-13-15(3)27)17-10-11-18(23)22(21(17)24)29-16-8-6-5-7-9-16/h5-11,14-15,19,26-27H,4,12-13H2,1-3H3,(H,25,28)/t14-,15-,19-/m1/s1. The number of amides is 1. The highest BCUT2D eigenvalue weighted by atomic mass is 35.5. The van der Waals surface area contributed by atoms with Gasteiger partial charge in [-0.15, -0.1) is 0 Å². The topological polar surface area (TPSA) is 70.6 Å². The van der Waals surface area contributed by atoms with Gasteiger partial charge < -0.3 is 20.5 Å². The molecule has 0 aliphatic rings. The zero-order valence-corrected chi connectivity index (χ0v) is 17.7. The molecule has 3 N–H and O–H groups in total. The first-order valence-corrected chi connectivity index (χ1v) is 10.1. The number of hydrogen-bond acceptors (Lipinski definition) is 4. The van der Waals surface area contributed by atoms with E-state index < -0.39 is 11.9 Å². The van der Waals surface area contributed by atoms with Crippen LogP contribution >= 0.6 is 11.6 Å². The number of aliphatic hydroxyl groups is 1. The molecular formula is C22H28ClFN2O3. The van der Waals surface area contributed by atoms with Gasteiger partial charge in [-0.1, -0.05) is 42.8 Å². The van der Waals surface area contributed by atoms with Gasteiger partial charge in [0.25, 0.3) is 0 Å². The van der Waals surface area contributed by atoms with E-state index >= 15 is 4.39 Å². The van der Waals surface area contributed by atoms with Crippen molar-refractivity contribution in [2.24, 2.45) is 0 Å². The van der Waals surface area contributed by atoms with Crippen LogP contribution in [0.15, 0.2) is 42.5 Å². The summed E-state index contributed by atoms with van der Waals surface area (Å²) in [5.74, 6) is -0.218. The maximum atomic E-state index is 15.2. The first-order valence-electron chi connectivity index (χ1n) is 9.73. The highest BCUT2D eigenvalue weighted by molar-refractivity contribution is 6.32. The Morgan fingerprint density at radius 2 is 1.90 bits per heavy atom. The fourth-order valence-electron chi connectivity index (χ4n) is 2.96. The van der Waals surface area contributed by atoms with Crippen molar-refractivity contribution in [1.82, 2.24) is 10.6 Å². The summed E-state index contributed by atoms with van der Waals surface area (Å²) in [7, 11) is 0. The number of nitrogens with one attached hydrogen (secondary N) is 2. The summed E-state index contributed by atoms with van der Waals surface area (Å²) in [6.07, 6.45) is 0.228. The predicted octanol–water partition coefficient (Wildman–Crippen LogP) is 4.59. The Balaban J connectivity index is 2.12. The quantitative estimate of drug-likeness (QED) is 0.523. The van der Waals surface area contributed by atoms with Gasteiger partial charge in [-0.25, -0.2) is 4.39 Å². The van der Waals surface area contributed by atoms with Gasteiger partial charge in [0, 0.05) is 30.6 Å². The first-order chi connectivity index (χ1) is 13.8. The molecule has 0 saturated heterocycles. The third kappa shape index (κ3) is 6.99. The van der Waals surface area contributed by atoms with Gasteiger partial charge in [0.05, 0.1) is 11.1 Å². The molecule has 7 heteroatoms. The first kappa shape index (κ1) is 23.1. The van der Waals surface area contributed by atoms with Crippen LogP contribution in [0.5, 0.6) is 11.5 Å². The van der Waals surface area contributed by atoms with E-state index in [-0.39, 0.29) is 41.7 Å². The van der Waals surface area contributed by atoms with Gasteiger partial charge in [0.1, 0.15) is 5.75 Å². The number of benzene rings is 2. The van der Waals surface area contributed by atoms with Crippen molar-refractivity contribution in [1.29, 1.82) is 0 Å². The maximum absolute atomic E-state index is 15.2. The zero-order chi connectivity index (χ0) is 21.4. The van der Waals surface area contributed by atoms with Crippen LogP contribution in [0.3, 0.4) is 0 Å². The molecule has 3 atom stereocenters. The van der Waals surface area contributed by atoms with Crippen LogP contribution in [0.1, 0.15) is 45.2 Å². The summed E-state index contributed by atoms with van der Waals surface area (Å²) >= 11 is 6.18. The van der Waals surface area contributed by atoms with Crippen LogP contribution in [-0.2, 0) is 4.79 Å². The lowest BCUT2D eigenvalue weighted by Crippen LogP contribution is -2.38. The van der Waals surface area contributed by atoms with E-state index in [1.807, 2.05) is 19.9 Å². The maximum Gasteiger partial charge on any atom is 0.221 e. The number of halogens is 2. The summed E-state index contributed by atoms with van der Waals surface area (Å²) < 4.78 is 20.9. The monoisotopic (exact) mass is 422 g/mol. The molecule has 0 spiro atoms. The number of aliphatic hydroxyl groups excluding tert-OH is 1. The van der Waals surface area contributed by atoms with Crippen molar-refractivity contribution in [3.63, 3.8) is 0 Å². The Kier molecular flexibility index (Phi) is 8.89. The summed E-state index contributed by atoms with van der Waals surface area (Å²) in [6, 6.07) is 11.6. The number of ether oxygens (including phenoxy) is 1. The van der Waals surface area contributed by atoms with E-state index in [0.29, 0.717) is 17.7 Å². The molecule has 0 aliphatic carbocycles. The summed E-state index contributed by atoms with van der Waals surface area (Å²) in [4.78, 5) is 12.0. The fourth-order valence-corrected chi connectivity index (χ4v) is 3.14. The largest absolute Gasteiger partial charge is 0.453 e. The Morgan fingerprint density at radius 1 is 1.21 bits per heavy atom. The van der Waals surface area contributed by atoms with Crippen molar-refractivity contribution in [3.8, 4) is 11.5 Å². The second kappa shape index (κ2) is 11.1. The molecule has 0 radical (unpaired) electrons. The number of rotatable bonds is 10. The second-order valence-corrected chi connectivity index (χ2v) is 7.49. The molecule has 158 valence electrons. The summed E-state index contributed by atoms with van der Waals surface area (Å²) in [6.45, 7) is 5.60. The molecule has 29 heavy (non-hydrogen) atoms. The number of carbonyl (C=O) groups excluding carboxylic acids is 1. The van der Waals surface area contributed by atoms with Gasteiger partial charge >= 0.3 is 0 Å². The van der Waals surface area contributed by atoms with Crippen molar-refractivity contribution in [2.75, 3.05) is 6.54 Å². The molecule has 0 aromatic heterocycles. The van der Waals surface area contributed by atoms with Crippen LogP contribution < -0.4 is 15.4 Å². The molecule has 0 heterocycles. The molecule has 0 bridgehead atoms. The molecule has 2 aromatic rings. The molecule has 0 unspecified atom stereocenters.